The lowest BCUT2D eigenvalue weighted by molar-refractivity contribution is -0.144. The van der Waals surface area contributed by atoms with Crippen LogP contribution in [-0.2, 0) is 31.9 Å². The van der Waals surface area contributed by atoms with Crippen molar-refractivity contribution >= 4 is 34.3 Å². The summed E-state index contributed by atoms with van der Waals surface area (Å²) in [6.45, 7) is 3.63. The zero-order chi connectivity index (χ0) is 26.4. The number of hydrogen-bond acceptors (Lipinski definition) is 6. The van der Waals surface area contributed by atoms with Crippen molar-refractivity contribution in [1.82, 2.24) is 0 Å². The van der Waals surface area contributed by atoms with Gasteiger partial charge in [0.25, 0.3) is 0 Å². The van der Waals surface area contributed by atoms with Crippen molar-refractivity contribution in [3.05, 3.63) is 70.8 Å². The van der Waals surface area contributed by atoms with E-state index in [1.165, 1.54) is 13.8 Å². The smallest absolute Gasteiger partial charge is 0.306 e. The zero-order valence-corrected chi connectivity index (χ0v) is 21.4. The molecule has 5 rings (SSSR count). The molecule has 6 bridgehead atoms. The van der Waals surface area contributed by atoms with Gasteiger partial charge >= 0.3 is 11.9 Å². The van der Waals surface area contributed by atoms with Gasteiger partial charge in [-0.3, -0.25) is 19.2 Å². The molecule has 0 aromatic heterocycles. The number of ketones is 2. The Kier molecular flexibility index (Phi) is 8.49. The van der Waals surface area contributed by atoms with Gasteiger partial charge in [0.15, 0.2) is 11.6 Å². The van der Waals surface area contributed by atoms with Crippen molar-refractivity contribution in [2.75, 3.05) is 13.2 Å². The van der Waals surface area contributed by atoms with Gasteiger partial charge < -0.3 is 9.47 Å². The van der Waals surface area contributed by atoms with Gasteiger partial charge in [-0.25, -0.2) is 0 Å². The highest BCUT2D eigenvalue weighted by molar-refractivity contribution is 6.17. The van der Waals surface area contributed by atoms with Crippen LogP contribution in [0.3, 0.4) is 0 Å². The number of hydrogen-bond donors (Lipinski definition) is 0. The molecule has 2 heterocycles. The number of carbonyl (C=O) groups excluding carboxylic acids is 4. The normalized spacial score (nSPS) is 15.6. The Hall–Kier alpha value is -3.80. The number of rotatable bonds is 2. The largest absolute Gasteiger partial charge is 0.466 e. The summed E-state index contributed by atoms with van der Waals surface area (Å²) in [5, 5.41) is 1.68. The topological polar surface area (TPSA) is 86.7 Å². The van der Waals surface area contributed by atoms with E-state index in [0.29, 0.717) is 42.7 Å². The summed E-state index contributed by atoms with van der Waals surface area (Å²) in [7, 11) is 0. The Morgan fingerprint density at radius 3 is 1.97 bits per heavy atom. The first-order chi connectivity index (χ1) is 17.8. The molecule has 192 valence electrons. The summed E-state index contributed by atoms with van der Waals surface area (Å²) in [5.41, 5.74) is 4.19. The average molecular weight is 501 g/mol. The van der Waals surface area contributed by atoms with Crippen LogP contribution >= 0.6 is 0 Å². The van der Waals surface area contributed by atoms with Crippen molar-refractivity contribution in [2.45, 2.75) is 58.8 Å². The lowest BCUT2D eigenvalue weighted by atomic mass is 9.85. The molecule has 2 aliphatic rings. The van der Waals surface area contributed by atoms with E-state index >= 15 is 0 Å². The van der Waals surface area contributed by atoms with Gasteiger partial charge in [0, 0.05) is 29.5 Å². The van der Waals surface area contributed by atoms with Crippen LogP contribution in [0.1, 0.15) is 77.8 Å². The Morgan fingerprint density at radius 1 is 0.703 bits per heavy atom. The summed E-state index contributed by atoms with van der Waals surface area (Å²) in [6, 6.07) is 15.4. The molecule has 0 unspecified atom stereocenters. The SMILES string of the molecule is CC(=O)c1cc2cc3ccc2c(c1C(C)=O)-c1cccc(c1)CCC(=O)OCCCCCOC(=O)CC3. The van der Waals surface area contributed by atoms with Crippen LogP contribution in [-0.4, -0.2) is 36.7 Å². The van der Waals surface area contributed by atoms with Gasteiger partial charge in [0.1, 0.15) is 0 Å². The minimum atomic E-state index is -0.260. The highest BCUT2D eigenvalue weighted by Gasteiger charge is 2.21. The minimum absolute atomic E-state index is 0.187. The molecule has 2 aliphatic heterocycles. The molecule has 37 heavy (non-hydrogen) atoms. The Balaban J connectivity index is 1.83. The fraction of sp³-hybridized carbons (Fsp3) is 0.355. The van der Waals surface area contributed by atoms with Crippen molar-refractivity contribution in [3.63, 3.8) is 0 Å². The minimum Gasteiger partial charge on any atom is -0.466 e. The summed E-state index contributed by atoms with van der Waals surface area (Å²) in [4.78, 5) is 50.0. The fourth-order valence-electron chi connectivity index (χ4n) is 4.83. The number of ether oxygens (including phenoxy) is 2. The van der Waals surface area contributed by atoms with Gasteiger partial charge in [-0.2, -0.15) is 0 Å². The molecule has 6 nitrogen and oxygen atoms in total. The second-order valence-corrected chi connectivity index (χ2v) is 9.54. The van der Waals surface area contributed by atoms with E-state index in [4.69, 9.17) is 9.47 Å². The summed E-state index contributed by atoms with van der Waals surface area (Å²) in [6.07, 6.45) is 3.78. The highest BCUT2D eigenvalue weighted by atomic mass is 16.5. The molecular formula is C31H32O6. The van der Waals surface area contributed by atoms with Crippen LogP contribution in [0.15, 0.2) is 48.5 Å². The number of fused-ring (bicyclic) bond motifs is 13. The van der Waals surface area contributed by atoms with E-state index in [2.05, 4.69) is 0 Å². The van der Waals surface area contributed by atoms with Crippen LogP contribution in [0.4, 0.5) is 0 Å². The van der Waals surface area contributed by atoms with Gasteiger partial charge in [0.05, 0.1) is 13.2 Å². The fourth-order valence-corrected chi connectivity index (χ4v) is 4.83. The first-order valence-corrected chi connectivity index (χ1v) is 12.9. The van der Waals surface area contributed by atoms with E-state index in [0.717, 1.165) is 46.7 Å². The molecule has 6 heteroatoms. The highest BCUT2D eigenvalue weighted by Crippen LogP contribution is 2.36. The summed E-state index contributed by atoms with van der Waals surface area (Å²) < 4.78 is 10.7. The number of benzene rings is 3. The Labute approximate surface area is 217 Å². The third kappa shape index (κ3) is 6.50. The first-order valence-electron chi connectivity index (χ1n) is 12.9. The number of aryl methyl sites for hydroxylation is 2. The van der Waals surface area contributed by atoms with E-state index in [-0.39, 0.29) is 36.3 Å². The quantitative estimate of drug-likeness (QED) is 0.315. The van der Waals surface area contributed by atoms with Crippen LogP contribution in [0.5, 0.6) is 0 Å². The predicted molar refractivity (Wildman–Crippen MR) is 142 cm³/mol. The van der Waals surface area contributed by atoms with E-state index in [1.54, 1.807) is 6.07 Å². The van der Waals surface area contributed by atoms with Gasteiger partial charge in [-0.05, 0) is 79.5 Å². The number of esters is 2. The molecule has 0 spiro atoms. The molecule has 0 saturated carbocycles. The number of carbonyl (C=O) groups is 4. The molecule has 0 aliphatic carbocycles. The molecule has 0 saturated heterocycles. The maximum Gasteiger partial charge on any atom is 0.306 e. The molecular weight excluding hydrogens is 468 g/mol. The van der Waals surface area contributed by atoms with Gasteiger partial charge in [-0.15, -0.1) is 0 Å². The second kappa shape index (κ2) is 12.0. The van der Waals surface area contributed by atoms with Gasteiger partial charge in [-0.1, -0.05) is 42.5 Å². The molecule has 0 N–H and O–H groups in total. The molecule has 0 fully saturated rings. The summed E-state index contributed by atoms with van der Waals surface area (Å²) in [5.74, 6) is -0.893. The van der Waals surface area contributed by atoms with Gasteiger partial charge in [0.2, 0.25) is 0 Å². The molecule has 3 aromatic rings. The molecule has 0 radical (unpaired) electrons. The first kappa shape index (κ1) is 26.3. The van der Waals surface area contributed by atoms with Crippen molar-refractivity contribution in [1.29, 1.82) is 0 Å². The van der Waals surface area contributed by atoms with Crippen LogP contribution in [0, 0.1) is 0 Å². The molecule has 3 aromatic carbocycles. The maximum absolute atomic E-state index is 12.9. The van der Waals surface area contributed by atoms with E-state index in [9.17, 15) is 19.2 Å². The van der Waals surface area contributed by atoms with E-state index in [1.807, 2.05) is 42.5 Å². The molecule has 0 atom stereocenters. The Bertz CT molecular complexity index is 1350. The van der Waals surface area contributed by atoms with Crippen LogP contribution < -0.4 is 0 Å². The average Bonchev–Trinajstić information content (AvgIpc) is 2.88. The van der Waals surface area contributed by atoms with Crippen molar-refractivity contribution in [2.24, 2.45) is 0 Å². The third-order valence-corrected chi connectivity index (χ3v) is 6.70. The third-order valence-electron chi connectivity index (χ3n) is 6.70. The lowest BCUT2D eigenvalue weighted by Crippen LogP contribution is -2.09. The Morgan fingerprint density at radius 2 is 1.35 bits per heavy atom. The summed E-state index contributed by atoms with van der Waals surface area (Å²) >= 11 is 0. The standard InChI is InChI=1S/C31H32O6/c1-20(32)27-19-25-18-23-9-12-26(25)31(30(27)21(2)33)24-8-6-7-22(17-24)10-13-28(34)36-15-4-3-5-16-37-29(35)14-11-23/h6-9,12,17-19H,3-5,10-11,13-16H2,1-2H3. The van der Waals surface area contributed by atoms with Crippen molar-refractivity contribution < 1.29 is 28.7 Å². The zero-order valence-electron chi connectivity index (χ0n) is 21.4. The van der Waals surface area contributed by atoms with Crippen molar-refractivity contribution in [3.8, 4) is 11.1 Å². The predicted octanol–water partition coefficient (Wildman–Crippen LogP) is 6.05. The van der Waals surface area contributed by atoms with E-state index < -0.39 is 0 Å². The van der Waals surface area contributed by atoms with Crippen LogP contribution in [0.2, 0.25) is 0 Å². The molecule has 0 amide bonds. The lowest BCUT2D eigenvalue weighted by Gasteiger charge is -2.17. The number of Topliss-reactive ketones (excluding diaryl/α,β-unsaturated/α-hetero) is 2. The maximum atomic E-state index is 12.9. The second-order valence-electron chi connectivity index (χ2n) is 9.54. The van der Waals surface area contributed by atoms with Crippen LogP contribution in [0.25, 0.3) is 21.9 Å². The monoisotopic (exact) mass is 500 g/mol.